The van der Waals surface area contributed by atoms with E-state index in [1.807, 2.05) is 6.92 Å². The Hall–Kier alpha value is -0.0300. The molecule has 1 aliphatic rings. The van der Waals surface area contributed by atoms with Gasteiger partial charge in [0.05, 0.1) is 6.07 Å². The highest BCUT2D eigenvalue weighted by Gasteiger charge is 2.32. The maximum Gasteiger partial charge on any atom is 0.112 e. The molecular formula is C9H14BrN. The van der Waals surface area contributed by atoms with Crippen molar-refractivity contribution in [2.24, 2.45) is 5.92 Å². The van der Waals surface area contributed by atoms with Gasteiger partial charge in [-0.1, -0.05) is 35.2 Å². The molecule has 62 valence electrons. The maximum absolute atomic E-state index is 8.85. The molecular weight excluding hydrogens is 202 g/mol. The zero-order valence-corrected chi connectivity index (χ0v) is 8.52. The average molecular weight is 216 g/mol. The molecule has 2 heteroatoms. The van der Waals surface area contributed by atoms with Crippen LogP contribution in [0.5, 0.6) is 0 Å². The van der Waals surface area contributed by atoms with Gasteiger partial charge in [0.1, 0.15) is 4.32 Å². The first-order valence-electron chi connectivity index (χ1n) is 4.27. The number of hydrogen-bond acceptors (Lipinski definition) is 1. The SMILES string of the molecule is CC(Br)(C#N)C1CCCCC1. The van der Waals surface area contributed by atoms with Gasteiger partial charge < -0.3 is 0 Å². The van der Waals surface area contributed by atoms with Gasteiger partial charge in [-0.05, 0) is 25.7 Å². The van der Waals surface area contributed by atoms with Crippen LogP contribution in [0.25, 0.3) is 0 Å². The molecule has 0 amide bonds. The van der Waals surface area contributed by atoms with E-state index in [4.69, 9.17) is 5.26 Å². The van der Waals surface area contributed by atoms with Crippen molar-refractivity contribution < 1.29 is 0 Å². The zero-order valence-electron chi connectivity index (χ0n) is 6.94. The van der Waals surface area contributed by atoms with Gasteiger partial charge in [-0.15, -0.1) is 0 Å². The van der Waals surface area contributed by atoms with E-state index >= 15 is 0 Å². The van der Waals surface area contributed by atoms with Crippen LogP contribution in [0.4, 0.5) is 0 Å². The molecule has 0 radical (unpaired) electrons. The van der Waals surface area contributed by atoms with Crippen LogP contribution in [-0.4, -0.2) is 4.32 Å². The highest BCUT2D eigenvalue weighted by molar-refractivity contribution is 9.10. The van der Waals surface area contributed by atoms with Crippen molar-refractivity contribution in [3.8, 4) is 6.07 Å². The largest absolute Gasteiger partial charge is 0.197 e. The number of hydrogen-bond donors (Lipinski definition) is 0. The Morgan fingerprint density at radius 2 is 1.91 bits per heavy atom. The first-order valence-corrected chi connectivity index (χ1v) is 5.06. The van der Waals surface area contributed by atoms with Crippen LogP contribution in [-0.2, 0) is 0 Å². The third-order valence-electron chi connectivity index (χ3n) is 2.59. The smallest absolute Gasteiger partial charge is 0.112 e. The third-order valence-corrected chi connectivity index (χ3v) is 3.42. The number of rotatable bonds is 1. The van der Waals surface area contributed by atoms with E-state index in [1.54, 1.807) is 0 Å². The Balaban J connectivity index is 2.52. The van der Waals surface area contributed by atoms with Crippen molar-refractivity contribution in [3.63, 3.8) is 0 Å². The molecule has 0 saturated heterocycles. The molecule has 0 aromatic carbocycles. The lowest BCUT2D eigenvalue weighted by atomic mass is 9.81. The Labute approximate surface area is 76.9 Å². The molecule has 1 nitrogen and oxygen atoms in total. The molecule has 0 heterocycles. The van der Waals surface area contributed by atoms with Gasteiger partial charge in [-0.2, -0.15) is 5.26 Å². The van der Waals surface area contributed by atoms with Gasteiger partial charge >= 0.3 is 0 Å². The van der Waals surface area contributed by atoms with Crippen LogP contribution < -0.4 is 0 Å². The lowest BCUT2D eigenvalue weighted by Gasteiger charge is -2.29. The molecule has 1 atom stereocenters. The standard InChI is InChI=1S/C9H14BrN/c1-9(10,7-11)8-5-3-2-4-6-8/h8H,2-6H2,1H3. The summed E-state index contributed by atoms with van der Waals surface area (Å²) >= 11 is 3.48. The Kier molecular flexibility index (Phi) is 2.95. The van der Waals surface area contributed by atoms with E-state index in [9.17, 15) is 0 Å². The van der Waals surface area contributed by atoms with E-state index in [0.29, 0.717) is 5.92 Å². The van der Waals surface area contributed by atoms with Gasteiger partial charge in [0.25, 0.3) is 0 Å². The molecule has 0 spiro atoms. The molecule has 1 unspecified atom stereocenters. The minimum Gasteiger partial charge on any atom is -0.197 e. The number of halogens is 1. The van der Waals surface area contributed by atoms with E-state index in [-0.39, 0.29) is 4.32 Å². The van der Waals surface area contributed by atoms with E-state index in [2.05, 4.69) is 22.0 Å². The molecule has 1 fully saturated rings. The fraction of sp³-hybridized carbons (Fsp3) is 0.889. The normalized spacial score (nSPS) is 25.5. The van der Waals surface area contributed by atoms with Crippen LogP contribution in [0.2, 0.25) is 0 Å². The summed E-state index contributed by atoms with van der Waals surface area (Å²) in [7, 11) is 0. The monoisotopic (exact) mass is 215 g/mol. The number of alkyl halides is 1. The molecule has 0 N–H and O–H groups in total. The van der Waals surface area contributed by atoms with E-state index in [1.165, 1.54) is 32.1 Å². The Morgan fingerprint density at radius 3 is 2.36 bits per heavy atom. The quantitative estimate of drug-likeness (QED) is 0.617. The molecule has 1 saturated carbocycles. The summed E-state index contributed by atoms with van der Waals surface area (Å²) in [5.41, 5.74) is 0. The van der Waals surface area contributed by atoms with E-state index in [0.717, 1.165) is 0 Å². The first-order chi connectivity index (χ1) is 5.17. The van der Waals surface area contributed by atoms with Gasteiger partial charge in [0.15, 0.2) is 0 Å². The zero-order chi connectivity index (χ0) is 8.32. The summed E-state index contributed by atoms with van der Waals surface area (Å²) in [5, 5.41) is 8.85. The number of nitriles is 1. The molecule has 0 aliphatic heterocycles. The fourth-order valence-corrected chi connectivity index (χ4v) is 2.19. The second-order valence-electron chi connectivity index (χ2n) is 3.52. The average Bonchev–Trinajstić information content (AvgIpc) is 2.06. The second kappa shape index (κ2) is 3.58. The summed E-state index contributed by atoms with van der Waals surface area (Å²) in [6.45, 7) is 1.99. The molecule has 11 heavy (non-hydrogen) atoms. The van der Waals surface area contributed by atoms with Crippen molar-refractivity contribution in [2.45, 2.75) is 43.4 Å². The predicted molar refractivity (Wildman–Crippen MR) is 49.5 cm³/mol. The third kappa shape index (κ3) is 2.20. The summed E-state index contributed by atoms with van der Waals surface area (Å²) in [6.07, 6.45) is 6.39. The van der Waals surface area contributed by atoms with Gasteiger partial charge in [-0.25, -0.2) is 0 Å². The predicted octanol–water partition coefficient (Wildman–Crippen LogP) is 3.24. The van der Waals surface area contributed by atoms with Crippen LogP contribution in [0, 0.1) is 17.2 Å². The summed E-state index contributed by atoms with van der Waals surface area (Å²) in [5.74, 6) is 0.571. The Morgan fingerprint density at radius 1 is 1.36 bits per heavy atom. The fourth-order valence-electron chi connectivity index (χ4n) is 1.74. The topological polar surface area (TPSA) is 23.8 Å². The van der Waals surface area contributed by atoms with Crippen molar-refractivity contribution >= 4 is 15.9 Å². The second-order valence-corrected chi connectivity index (χ2v) is 5.17. The molecule has 1 aliphatic carbocycles. The minimum atomic E-state index is -0.270. The van der Waals surface area contributed by atoms with Crippen LogP contribution in [0.1, 0.15) is 39.0 Å². The molecule has 0 aromatic rings. The first kappa shape index (κ1) is 9.06. The highest BCUT2D eigenvalue weighted by atomic mass is 79.9. The van der Waals surface area contributed by atoms with Crippen molar-refractivity contribution in [1.29, 1.82) is 5.26 Å². The lowest BCUT2D eigenvalue weighted by molar-refractivity contribution is 0.329. The van der Waals surface area contributed by atoms with Crippen molar-refractivity contribution in [3.05, 3.63) is 0 Å². The highest BCUT2D eigenvalue weighted by Crippen LogP contribution is 2.37. The summed E-state index contributed by atoms with van der Waals surface area (Å²) < 4.78 is -0.270. The lowest BCUT2D eigenvalue weighted by Crippen LogP contribution is -2.27. The molecule has 0 aromatic heterocycles. The summed E-state index contributed by atoms with van der Waals surface area (Å²) in [6, 6.07) is 2.33. The Bertz CT molecular complexity index is 163. The van der Waals surface area contributed by atoms with Gasteiger partial charge in [-0.3, -0.25) is 0 Å². The van der Waals surface area contributed by atoms with Crippen LogP contribution >= 0.6 is 15.9 Å². The molecule has 0 bridgehead atoms. The molecule has 1 rings (SSSR count). The van der Waals surface area contributed by atoms with Crippen LogP contribution in [0.3, 0.4) is 0 Å². The minimum absolute atomic E-state index is 0.270. The van der Waals surface area contributed by atoms with Crippen LogP contribution in [0.15, 0.2) is 0 Å². The van der Waals surface area contributed by atoms with E-state index < -0.39 is 0 Å². The van der Waals surface area contributed by atoms with Gasteiger partial charge in [0, 0.05) is 0 Å². The van der Waals surface area contributed by atoms with Crippen molar-refractivity contribution in [2.75, 3.05) is 0 Å². The van der Waals surface area contributed by atoms with Gasteiger partial charge in [0.2, 0.25) is 0 Å². The summed E-state index contributed by atoms with van der Waals surface area (Å²) in [4.78, 5) is 0. The van der Waals surface area contributed by atoms with Crippen molar-refractivity contribution in [1.82, 2.24) is 0 Å². The maximum atomic E-state index is 8.85. The number of nitrogens with zero attached hydrogens (tertiary/aromatic N) is 1.